The number of amidine groups is 1. The molecule has 0 unspecified atom stereocenters. The molecule has 0 aromatic carbocycles. The molecule has 0 bridgehead atoms. The maximum absolute atomic E-state index is 11.4. The van der Waals surface area contributed by atoms with Crippen molar-refractivity contribution in [2.45, 2.75) is 4.90 Å². The predicted octanol–water partition coefficient (Wildman–Crippen LogP) is -1.37. The number of hydrogen-bond acceptors (Lipinski definition) is 4. The van der Waals surface area contributed by atoms with E-state index in [1.54, 1.807) is 7.05 Å². The SMILES string of the molecule is Cn1cc(S(=O)(=O)NCC(=N)N)cn1. The van der Waals surface area contributed by atoms with Crippen molar-refractivity contribution in [1.82, 2.24) is 14.5 Å². The third-order valence-electron chi connectivity index (χ3n) is 1.44. The van der Waals surface area contributed by atoms with Gasteiger partial charge in [-0.05, 0) is 0 Å². The Labute approximate surface area is 81.5 Å². The molecule has 8 heteroatoms. The Morgan fingerprint density at radius 2 is 2.43 bits per heavy atom. The van der Waals surface area contributed by atoms with Gasteiger partial charge in [-0.15, -0.1) is 0 Å². The van der Waals surface area contributed by atoms with Gasteiger partial charge in [-0.1, -0.05) is 0 Å². The number of sulfonamides is 1. The van der Waals surface area contributed by atoms with Crippen LogP contribution in [0.25, 0.3) is 0 Å². The van der Waals surface area contributed by atoms with Crippen LogP contribution in [0.15, 0.2) is 17.3 Å². The summed E-state index contributed by atoms with van der Waals surface area (Å²) in [5.41, 5.74) is 5.02. The molecule has 0 saturated heterocycles. The minimum absolute atomic E-state index is 0.0567. The van der Waals surface area contributed by atoms with Crippen LogP contribution in [-0.2, 0) is 17.1 Å². The van der Waals surface area contributed by atoms with Gasteiger partial charge in [0.15, 0.2) is 0 Å². The van der Waals surface area contributed by atoms with Gasteiger partial charge >= 0.3 is 0 Å². The molecule has 0 aliphatic carbocycles. The first-order valence-electron chi connectivity index (χ1n) is 3.73. The second-order valence-corrected chi connectivity index (χ2v) is 4.47. The minimum atomic E-state index is -3.59. The number of nitrogens with one attached hydrogen (secondary N) is 2. The van der Waals surface area contributed by atoms with Gasteiger partial charge in [0.05, 0.1) is 12.7 Å². The smallest absolute Gasteiger partial charge is 0.244 e. The van der Waals surface area contributed by atoms with Crippen LogP contribution >= 0.6 is 0 Å². The number of nitrogens with two attached hydrogens (primary N) is 1. The molecule has 0 amide bonds. The van der Waals surface area contributed by atoms with E-state index in [0.717, 1.165) is 0 Å². The van der Waals surface area contributed by atoms with Crippen LogP contribution in [0.5, 0.6) is 0 Å². The van der Waals surface area contributed by atoms with Crippen LogP contribution in [-0.4, -0.2) is 30.6 Å². The maximum Gasteiger partial charge on any atom is 0.244 e. The second kappa shape index (κ2) is 3.76. The molecule has 7 nitrogen and oxygen atoms in total. The maximum atomic E-state index is 11.4. The van der Waals surface area contributed by atoms with Crippen LogP contribution in [0.3, 0.4) is 0 Å². The van der Waals surface area contributed by atoms with E-state index in [0.29, 0.717) is 0 Å². The molecule has 4 N–H and O–H groups in total. The molecule has 0 radical (unpaired) electrons. The molecular formula is C6H11N5O2S. The summed E-state index contributed by atoms with van der Waals surface area (Å²) in [5, 5.41) is 10.6. The van der Waals surface area contributed by atoms with Gasteiger partial charge in [-0.3, -0.25) is 10.1 Å². The Morgan fingerprint density at radius 1 is 1.79 bits per heavy atom. The zero-order valence-electron chi connectivity index (χ0n) is 7.56. The summed E-state index contributed by atoms with van der Waals surface area (Å²) in [5.74, 6) is -0.238. The van der Waals surface area contributed by atoms with Crippen molar-refractivity contribution in [2.75, 3.05) is 6.54 Å². The summed E-state index contributed by atoms with van der Waals surface area (Å²) in [7, 11) is -1.97. The standard InChI is InChI=1S/C6H11N5O2S/c1-11-4-5(2-9-11)14(12,13)10-3-6(7)8/h2,4,10H,3H2,1H3,(H3,7,8). The van der Waals surface area contributed by atoms with E-state index < -0.39 is 10.0 Å². The van der Waals surface area contributed by atoms with Gasteiger partial charge in [-0.2, -0.15) is 5.10 Å². The van der Waals surface area contributed by atoms with Crippen LogP contribution in [0.1, 0.15) is 0 Å². The minimum Gasteiger partial charge on any atom is -0.387 e. The lowest BCUT2D eigenvalue weighted by atomic mass is 10.6. The molecule has 0 saturated carbocycles. The van der Waals surface area contributed by atoms with Crippen LogP contribution in [0.2, 0.25) is 0 Å². The van der Waals surface area contributed by atoms with E-state index in [9.17, 15) is 8.42 Å². The highest BCUT2D eigenvalue weighted by Crippen LogP contribution is 2.04. The Kier molecular flexibility index (Phi) is 2.87. The first-order valence-corrected chi connectivity index (χ1v) is 5.21. The third kappa shape index (κ3) is 2.54. The fourth-order valence-electron chi connectivity index (χ4n) is 0.794. The summed E-state index contributed by atoms with van der Waals surface area (Å²) in [6.07, 6.45) is 2.59. The van der Waals surface area contributed by atoms with Crippen molar-refractivity contribution in [3.8, 4) is 0 Å². The highest BCUT2D eigenvalue weighted by Gasteiger charge is 2.15. The van der Waals surface area contributed by atoms with E-state index in [2.05, 4.69) is 9.82 Å². The molecular weight excluding hydrogens is 206 g/mol. The van der Waals surface area contributed by atoms with Crippen molar-refractivity contribution in [1.29, 1.82) is 5.41 Å². The quantitative estimate of drug-likeness (QED) is 0.426. The molecule has 0 aliphatic rings. The molecule has 0 fully saturated rings. The molecule has 0 aliphatic heterocycles. The van der Waals surface area contributed by atoms with E-state index in [1.807, 2.05) is 0 Å². The first kappa shape index (κ1) is 10.7. The van der Waals surface area contributed by atoms with Gasteiger partial charge < -0.3 is 5.73 Å². The lowest BCUT2D eigenvalue weighted by Gasteiger charge is -2.01. The molecule has 1 heterocycles. The monoisotopic (exact) mass is 217 g/mol. The zero-order valence-corrected chi connectivity index (χ0v) is 8.37. The van der Waals surface area contributed by atoms with Crippen molar-refractivity contribution < 1.29 is 8.42 Å². The lowest BCUT2D eigenvalue weighted by Crippen LogP contribution is -2.32. The lowest BCUT2D eigenvalue weighted by molar-refractivity contribution is 0.586. The van der Waals surface area contributed by atoms with Crippen LogP contribution in [0, 0.1) is 5.41 Å². The van der Waals surface area contributed by atoms with Gasteiger partial charge in [0.1, 0.15) is 10.7 Å². The number of rotatable bonds is 4. The molecule has 1 aromatic rings. The highest BCUT2D eigenvalue weighted by molar-refractivity contribution is 7.89. The molecule has 14 heavy (non-hydrogen) atoms. The topological polar surface area (TPSA) is 114 Å². The summed E-state index contributed by atoms with van der Waals surface area (Å²) in [6, 6.07) is 0. The summed E-state index contributed by atoms with van der Waals surface area (Å²) < 4.78 is 26.4. The number of hydrogen-bond donors (Lipinski definition) is 3. The zero-order chi connectivity index (χ0) is 10.8. The normalized spacial score (nSPS) is 11.5. The Bertz CT molecular complexity index is 435. The van der Waals surface area contributed by atoms with Gasteiger partial charge in [0.2, 0.25) is 10.0 Å². The van der Waals surface area contributed by atoms with E-state index >= 15 is 0 Å². The Balaban J connectivity index is 2.81. The van der Waals surface area contributed by atoms with Gasteiger partial charge in [0, 0.05) is 13.2 Å². The molecule has 1 rings (SSSR count). The van der Waals surface area contributed by atoms with Crippen molar-refractivity contribution in [2.24, 2.45) is 12.8 Å². The van der Waals surface area contributed by atoms with Gasteiger partial charge in [0.25, 0.3) is 0 Å². The number of aromatic nitrogens is 2. The van der Waals surface area contributed by atoms with Crippen molar-refractivity contribution in [3.05, 3.63) is 12.4 Å². The fourth-order valence-corrected chi connectivity index (χ4v) is 1.78. The Hall–Kier alpha value is -1.41. The molecule has 0 atom stereocenters. The number of nitrogens with zero attached hydrogens (tertiary/aromatic N) is 2. The fraction of sp³-hybridized carbons (Fsp3) is 0.333. The van der Waals surface area contributed by atoms with Gasteiger partial charge in [-0.25, -0.2) is 13.1 Å². The van der Waals surface area contributed by atoms with Crippen LogP contribution < -0.4 is 10.5 Å². The third-order valence-corrected chi connectivity index (χ3v) is 2.80. The van der Waals surface area contributed by atoms with E-state index in [1.165, 1.54) is 17.1 Å². The average Bonchev–Trinajstić information content (AvgIpc) is 2.49. The first-order chi connectivity index (χ1) is 6.42. The molecule has 78 valence electrons. The predicted molar refractivity (Wildman–Crippen MR) is 50.3 cm³/mol. The van der Waals surface area contributed by atoms with E-state index in [-0.39, 0.29) is 17.3 Å². The number of aryl methyl sites for hydroxylation is 1. The highest BCUT2D eigenvalue weighted by atomic mass is 32.2. The average molecular weight is 217 g/mol. The molecule has 0 spiro atoms. The van der Waals surface area contributed by atoms with E-state index in [4.69, 9.17) is 11.1 Å². The van der Waals surface area contributed by atoms with Crippen molar-refractivity contribution in [3.63, 3.8) is 0 Å². The Morgan fingerprint density at radius 3 is 2.86 bits per heavy atom. The van der Waals surface area contributed by atoms with Crippen LogP contribution in [0.4, 0.5) is 0 Å². The summed E-state index contributed by atoms with van der Waals surface area (Å²) in [6.45, 7) is -0.197. The summed E-state index contributed by atoms with van der Waals surface area (Å²) >= 11 is 0. The largest absolute Gasteiger partial charge is 0.387 e. The van der Waals surface area contributed by atoms with Crippen molar-refractivity contribution >= 4 is 15.9 Å². The second-order valence-electron chi connectivity index (χ2n) is 2.70. The molecule has 1 aromatic heterocycles. The summed E-state index contributed by atoms with van der Waals surface area (Å²) in [4.78, 5) is 0.0567.